The maximum Gasteiger partial charge on any atom is 0.435 e. The Morgan fingerprint density at radius 1 is 0.577 bits per heavy atom. The van der Waals surface area contributed by atoms with Gasteiger partial charge in [0.25, 0.3) is 0 Å². The smallest absolute Gasteiger partial charge is 0.399 e. The van der Waals surface area contributed by atoms with Crippen LogP contribution in [0.15, 0.2) is 58.7 Å². The third-order valence-electron chi connectivity index (χ3n) is 3.16. The van der Waals surface area contributed by atoms with Crippen molar-refractivity contribution in [1.29, 1.82) is 0 Å². The van der Waals surface area contributed by atoms with Crippen LogP contribution < -0.4 is 11.5 Å². The molecule has 2 aromatic carbocycles. The lowest BCUT2D eigenvalue weighted by Gasteiger charge is -2.12. The van der Waals surface area contributed by atoms with Crippen molar-refractivity contribution in [2.75, 3.05) is 11.5 Å². The molecule has 0 unspecified atom stereocenters. The fourth-order valence-corrected chi connectivity index (χ4v) is 1.94. The van der Waals surface area contributed by atoms with Gasteiger partial charge in [-0.05, 0) is 24.3 Å². The van der Waals surface area contributed by atoms with E-state index in [0.717, 1.165) is 24.3 Å². The summed E-state index contributed by atoms with van der Waals surface area (Å²) in [6.07, 6.45) is -10.0. The van der Waals surface area contributed by atoms with Crippen molar-refractivity contribution in [3.05, 3.63) is 59.7 Å². The van der Waals surface area contributed by atoms with E-state index in [1.807, 2.05) is 0 Å². The van der Waals surface area contributed by atoms with Gasteiger partial charge in [0.2, 0.25) is 0 Å². The van der Waals surface area contributed by atoms with E-state index in [1.165, 1.54) is 24.3 Å². The van der Waals surface area contributed by atoms with Gasteiger partial charge < -0.3 is 11.5 Å². The lowest BCUT2D eigenvalue weighted by atomic mass is 10.1. The Hall–Kier alpha value is -3.04. The molecule has 0 bridgehead atoms. The van der Waals surface area contributed by atoms with Gasteiger partial charge in [-0.1, -0.05) is 24.3 Å². The highest BCUT2D eigenvalue weighted by molar-refractivity contribution is 6.07. The van der Waals surface area contributed by atoms with Crippen LogP contribution in [0.25, 0.3) is 0 Å². The van der Waals surface area contributed by atoms with Crippen LogP contribution in [-0.2, 0) is 0 Å². The van der Waals surface area contributed by atoms with Crippen LogP contribution in [0, 0.1) is 0 Å². The third kappa shape index (κ3) is 4.74. The fourth-order valence-electron chi connectivity index (χ4n) is 1.94. The zero-order chi connectivity index (χ0) is 19.5. The molecular formula is C16H12F6N4. The van der Waals surface area contributed by atoms with Crippen molar-refractivity contribution in [1.82, 2.24) is 0 Å². The van der Waals surface area contributed by atoms with Gasteiger partial charge in [-0.3, -0.25) is 0 Å². The first kappa shape index (κ1) is 19.3. The molecule has 4 nitrogen and oxygen atoms in total. The SMILES string of the molecule is Nc1ccc(/C(=N/N=C(/c2ccc(N)cc2)C(F)(F)F)C(F)(F)F)cc1. The van der Waals surface area contributed by atoms with Crippen LogP contribution >= 0.6 is 0 Å². The van der Waals surface area contributed by atoms with Gasteiger partial charge in [-0.2, -0.15) is 26.3 Å². The molecule has 26 heavy (non-hydrogen) atoms. The summed E-state index contributed by atoms with van der Waals surface area (Å²) in [5.74, 6) is 0. The summed E-state index contributed by atoms with van der Waals surface area (Å²) >= 11 is 0. The van der Waals surface area contributed by atoms with Gasteiger partial charge in [-0.25, -0.2) is 0 Å². The van der Waals surface area contributed by atoms with Crippen molar-refractivity contribution in [2.45, 2.75) is 12.4 Å². The first-order valence-corrected chi connectivity index (χ1v) is 7.00. The summed E-state index contributed by atoms with van der Waals surface area (Å²) in [5.41, 5.74) is 7.10. The van der Waals surface area contributed by atoms with Crippen LogP contribution in [-0.4, -0.2) is 23.8 Å². The first-order chi connectivity index (χ1) is 12.0. The zero-order valence-corrected chi connectivity index (χ0v) is 12.9. The molecule has 138 valence electrons. The molecule has 0 aliphatic heterocycles. The van der Waals surface area contributed by atoms with Crippen LogP contribution in [0.4, 0.5) is 37.7 Å². The van der Waals surface area contributed by atoms with E-state index in [9.17, 15) is 26.3 Å². The minimum atomic E-state index is -5.02. The predicted molar refractivity (Wildman–Crippen MR) is 86.9 cm³/mol. The number of hydrogen-bond donors (Lipinski definition) is 2. The Balaban J connectivity index is 2.57. The van der Waals surface area contributed by atoms with Gasteiger partial charge in [-0.15, -0.1) is 10.2 Å². The standard InChI is InChI=1S/C16H12F6N4/c17-15(18,19)13(9-1-5-11(23)6-2-9)25-26-14(16(20,21)22)10-3-7-12(24)8-4-10/h1-8H,23-24H2/b25-13-,26-14-. The average molecular weight is 374 g/mol. The predicted octanol–water partition coefficient (Wildman–Crippen LogP) is 4.17. The lowest BCUT2D eigenvalue weighted by molar-refractivity contribution is -0.0605. The molecule has 0 heterocycles. The van der Waals surface area contributed by atoms with E-state index in [0.29, 0.717) is 0 Å². The highest BCUT2D eigenvalue weighted by atomic mass is 19.4. The second-order valence-electron chi connectivity index (χ2n) is 5.14. The van der Waals surface area contributed by atoms with E-state index in [-0.39, 0.29) is 11.4 Å². The summed E-state index contributed by atoms with van der Waals surface area (Å²) in [7, 11) is 0. The highest BCUT2D eigenvalue weighted by Crippen LogP contribution is 2.26. The maximum absolute atomic E-state index is 13.2. The topological polar surface area (TPSA) is 76.8 Å². The number of rotatable bonds is 3. The number of nitrogens with two attached hydrogens (primary N) is 2. The van der Waals surface area contributed by atoms with Crippen molar-refractivity contribution < 1.29 is 26.3 Å². The number of hydrogen-bond acceptors (Lipinski definition) is 4. The van der Waals surface area contributed by atoms with Gasteiger partial charge in [0.15, 0.2) is 11.4 Å². The monoisotopic (exact) mass is 374 g/mol. The van der Waals surface area contributed by atoms with Crippen molar-refractivity contribution in [3.8, 4) is 0 Å². The third-order valence-corrected chi connectivity index (χ3v) is 3.16. The summed E-state index contributed by atoms with van der Waals surface area (Å²) < 4.78 is 79.1. The second kappa shape index (κ2) is 7.06. The van der Waals surface area contributed by atoms with Gasteiger partial charge in [0.05, 0.1) is 0 Å². The van der Waals surface area contributed by atoms with Gasteiger partial charge in [0.1, 0.15) is 0 Å². The Morgan fingerprint density at radius 3 is 1.08 bits per heavy atom. The van der Waals surface area contributed by atoms with Crippen LogP contribution in [0.5, 0.6) is 0 Å². The zero-order valence-electron chi connectivity index (χ0n) is 12.9. The molecule has 0 saturated heterocycles. The van der Waals surface area contributed by atoms with Crippen molar-refractivity contribution in [2.24, 2.45) is 10.2 Å². The summed E-state index contributed by atoms with van der Waals surface area (Å²) in [6.45, 7) is 0. The molecule has 2 rings (SSSR count). The summed E-state index contributed by atoms with van der Waals surface area (Å²) in [4.78, 5) is 0. The Bertz CT molecular complexity index is 746. The van der Waals surface area contributed by atoms with E-state index in [1.54, 1.807) is 0 Å². The van der Waals surface area contributed by atoms with Gasteiger partial charge >= 0.3 is 12.4 Å². The number of benzene rings is 2. The quantitative estimate of drug-likeness (QED) is 0.366. The highest BCUT2D eigenvalue weighted by Gasteiger charge is 2.39. The molecule has 0 atom stereocenters. The van der Waals surface area contributed by atoms with Crippen LogP contribution in [0.1, 0.15) is 11.1 Å². The van der Waals surface area contributed by atoms with E-state index in [4.69, 9.17) is 11.5 Å². The Labute approximate surface area is 143 Å². The minimum Gasteiger partial charge on any atom is -0.399 e. The Morgan fingerprint density at radius 2 is 0.846 bits per heavy atom. The normalized spacial score (nSPS) is 13.8. The molecule has 10 heteroatoms. The molecule has 0 aliphatic carbocycles. The average Bonchev–Trinajstić information content (AvgIpc) is 2.52. The van der Waals surface area contributed by atoms with Crippen molar-refractivity contribution >= 4 is 22.8 Å². The van der Waals surface area contributed by atoms with E-state index < -0.39 is 34.9 Å². The fraction of sp³-hybridized carbons (Fsp3) is 0.125. The van der Waals surface area contributed by atoms with E-state index >= 15 is 0 Å². The first-order valence-electron chi connectivity index (χ1n) is 7.00. The largest absolute Gasteiger partial charge is 0.435 e. The van der Waals surface area contributed by atoms with E-state index in [2.05, 4.69) is 10.2 Å². The minimum absolute atomic E-state index is 0.191. The maximum atomic E-state index is 13.2. The number of nitrogens with zero attached hydrogens (tertiary/aromatic N) is 2. The van der Waals surface area contributed by atoms with Crippen molar-refractivity contribution in [3.63, 3.8) is 0 Å². The van der Waals surface area contributed by atoms with Gasteiger partial charge in [0, 0.05) is 22.5 Å². The molecule has 0 aliphatic rings. The molecule has 0 amide bonds. The van der Waals surface area contributed by atoms with Crippen LogP contribution in [0.2, 0.25) is 0 Å². The molecule has 0 radical (unpaired) electrons. The number of nitrogen functional groups attached to an aromatic ring is 2. The molecule has 4 N–H and O–H groups in total. The number of alkyl halides is 6. The number of anilines is 2. The lowest BCUT2D eigenvalue weighted by Crippen LogP contribution is -2.26. The molecule has 2 aromatic rings. The summed E-state index contributed by atoms with van der Waals surface area (Å²) in [6, 6.07) is 8.66. The number of halogens is 6. The summed E-state index contributed by atoms with van der Waals surface area (Å²) in [5, 5.41) is 5.70. The van der Waals surface area contributed by atoms with Crippen LogP contribution in [0.3, 0.4) is 0 Å². The Kier molecular flexibility index (Phi) is 5.24. The molecule has 0 saturated carbocycles. The molecule has 0 aromatic heterocycles. The second-order valence-corrected chi connectivity index (χ2v) is 5.14. The molecule has 0 spiro atoms. The molecular weight excluding hydrogens is 362 g/mol. The molecule has 0 fully saturated rings.